The van der Waals surface area contributed by atoms with Crippen LogP contribution in [0.1, 0.15) is 25.8 Å². The van der Waals surface area contributed by atoms with Gasteiger partial charge in [-0.3, -0.25) is 4.39 Å². The number of hydrogen-bond acceptors (Lipinski definition) is 0. The summed E-state index contributed by atoms with van der Waals surface area (Å²) in [5, 5.41) is 2.62. The van der Waals surface area contributed by atoms with Crippen molar-refractivity contribution in [1.29, 1.82) is 0 Å². The lowest BCUT2D eigenvalue weighted by molar-refractivity contribution is 0.473. The fraction of sp³-hybridized carbons (Fsp3) is 0.538. The molecule has 1 aromatic rings. The van der Waals surface area contributed by atoms with Crippen molar-refractivity contribution in [3.8, 4) is 0 Å². The molecule has 0 N–H and O–H groups in total. The van der Waals surface area contributed by atoms with Gasteiger partial charge in [-0.25, -0.2) is 0 Å². The van der Waals surface area contributed by atoms with Gasteiger partial charge < -0.3 is 0 Å². The van der Waals surface area contributed by atoms with E-state index in [2.05, 4.69) is 38.1 Å². The molecule has 0 aromatic heterocycles. The van der Waals surface area contributed by atoms with Crippen LogP contribution in [0.5, 0.6) is 0 Å². The highest BCUT2D eigenvalue weighted by Crippen LogP contribution is 2.07. The van der Waals surface area contributed by atoms with Crippen molar-refractivity contribution >= 4 is 18.6 Å². The Morgan fingerprint density at radius 1 is 1.13 bits per heavy atom. The first-order valence-corrected chi connectivity index (χ1v) is 8.18. The van der Waals surface area contributed by atoms with Gasteiger partial charge in [-0.1, -0.05) is 54.2 Å². The lowest BCUT2D eigenvalue weighted by atomic mass is 10.1. The SMILES string of the molecule is C[CH2][Al]([CH2]C)[c]1ccccc1CCCF. The predicted molar refractivity (Wildman–Crippen MR) is 67.1 cm³/mol. The Morgan fingerprint density at radius 2 is 1.80 bits per heavy atom. The van der Waals surface area contributed by atoms with Gasteiger partial charge in [0.2, 0.25) is 0 Å². The van der Waals surface area contributed by atoms with E-state index in [1.165, 1.54) is 16.1 Å². The van der Waals surface area contributed by atoms with Crippen LogP contribution in [0.4, 0.5) is 4.39 Å². The van der Waals surface area contributed by atoms with E-state index in [0.29, 0.717) is 6.42 Å². The van der Waals surface area contributed by atoms with Crippen LogP contribution in [-0.2, 0) is 6.42 Å². The minimum Gasteiger partial charge on any atom is -0.251 e. The van der Waals surface area contributed by atoms with E-state index >= 15 is 0 Å². The van der Waals surface area contributed by atoms with Gasteiger partial charge >= 0.3 is 14.1 Å². The van der Waals surface area contributed by atoms with Gasteiger partial charge in [0.1, 0.15) is 0 Å². The van der Waals surface area contributed by atoms with Crippen molar-refractivity contribution in [2.45, 2.75) is 37.3 Å². The Bertz CT molecular complexity index is 282. The summed E-state index contributed by atoms with van der Waals surface area (Å²) in [7, 11) is 0. The standard InChI is InChI=1S/C9H10F.2C2H5.Al/c10-8-4-7-9-5-2-1-3-6-9;2*1-2;/h1-3,5H,4,7-8H2;2*1H2,2H3;. The number of alkyl halides is 1. The van der Waals surface area contributed by atoms with E-state index in [4.69, 9.17) is 0 Å². The van der Waals surface area contributed by atoms with Crippen molar-refractivity contribution in [3.05, 3.63) is 29.8 Å². The molecule has 0 radical (unpaired) electrons. The Kier molecular flexibility index (Phi) is 5.98. The molecule has 2 heteroatoms. The van der Waals surface area contributed by atoms with Crippen molar-refractivity contribution in [2.24, 2.45) is 0 Å². The van der Waals surface area contributed by atoms with E-state index in [9.17, 15) is 4.39 Å². The monoisotopic (exact) mass is 222 g/mol. The minimum absolute atomic E-state index is 0.196. The molecule has 82 valence electrons. The van der Waals surface area contributed by atoms with E-state index in [0.717, 1.165) is 6.42 Å². The average molecular weight is 222 g/mol. The van der Waals surface area contributed by atoms with Gasteiger partial charge in [0.25, 0.3) is 0 Å². The molecule has 0 amide bonds. The molecule has 0 bridgehead atoms. The van der Waals surface area contributed by atoms with Crippen LogP contribution in [0.15, 0.2) is 24.3 Å². The molecule has 0 aliphatic carbocycles. The molecular weight excluding hydrogens is 202 g/mol. The average Bonchev–Trinajstić information content (AvgIpc) is 2.29. The van der Waals surface area contributed by atoms with Crippen molar-refractivity contribution < 1.29 is 4.39 Å². The topological polar surface area (TPSA) is 0 Å². The molecule has 15 heavy (non-hydrogen) atoms. The molecule has 0 aliphatic rings. The number of hydrogen-bond donors (Lipinski definition) is 0. The molecule has 1 rings (SSSR count). The summed E-state index contributed by atoms with van der Waals surface area (Å²) in [6.07, 6.45) is 1.59. The number of aryl methyl sites for hydroxylation is 1. The van der Waals surface area contributed by atoms with Crippen molar-refractivity contribution in [1.82, 2.24) is 0 Å². The van der Waals surface area contributed by atoms with Crippen LogP contribution in [0, 0.1) is 0 Å². The third-order valence-corrected chi connectivity index (χ3v) is 6.47. The molecule has 0 spiro atoms. The van der Waals surface area contributed by atoms with E-state index in [-0.39, 0.29) is 6.67 Å². The second-order valence-corrected chi connectivity index (χ2v) is 7.65. The van der Waals surface area contributed by atoms with E-state index in [1.54, 1.807) is 4.43 Å². The maximum Gasteiger partial charge on any atom is 0.305 e. The highest BCUT2D eigenvalue weighted by atomic mass is 27.2. The summed E-state index contributed by atoms with van der Waals surface area (Å²) in [6, 6.07) is 8.64. The Morgan fingerprint density at radius 3 is 2.40 bits per heavy atom. The number of benzene rings is 1. The summed E-state index contributed by atoms with van der Waals surface area (Å²) in [4.78, 5) is 0. The first kappa shape index (κ1) is 12.8. The number of halogens is 1. The zero-order valence-corrected chi connectivity index (χ0v) is 11.0. The van der Waals surface area contributed by atoms with E-state index < -0.39 is 14.1 Å². The first-order valence-electron chi connectivity index (χ1n) is 5.97. The lowest BCUT2D eigenvalue weighted by Crippen LogP contribution is -2.31. The quantitative estimate of drug-likeness (QED) is 0.648. The first-order chi connectivity index (χ1) is 7.33. The molecule has 0 saturated heterocycles. The Hall–Kier alpha value is -0.318. The highest BCUT2D eigenvalue weighted by Gasteiger charge is 2.17. The molecule has 0 nitrogen and oxygen atoms in total. The summed E-state index contributed by atoms with van der Waals surface area (Å²) >= 11 is -0.755. The Balaban J connectivity index is 2.84. The minimum atomic E-state index is -0.755. The van der Waals surface area contributed by atoms with Crippen molar-refractivity contribution in [3.63, 3.8) is 0 Å². The van der Waals surface area contributed by atoms with E-state index in [1.807, 2.05) is 0 Å². The third-order valence-electron chi connectivity index (χ3n) is 3.06. The molecule has 0 aliphatic heterocycles. The number of rotatable bonds is 6. The second-order valence-electron chi connectivity index (χ2n) is 4.00. The largest absolute Gasteiger partial charge is 0.305 e. The normalized spacial score (nSPS) is 10.3. The second kappa shape index (κ2) is 7.04. The zero-order chi connectivity index (χ0) is 11.1. The maximum absolute atomic E-state index is 12.2. The van der Waals surface area contributed by atoms with Crippen LogP contribution >= 0.6 is 0 Å². The molecule has 0 unspecified atom stereocenters. The predicted octanol–water partition coefficient (Wildman–Crippen LogP) is 3.33. The fourth-order valence-electron chi connectivity index (χ4n) is 2.15. The zero-order valence-electron chi connectivity index (χ0n) is 9.80. The van der Waals surface area contributed by atoms with Gasteiger partial charge in [-0.05, 0) is 12.8 Å². The smallest absolute Gasteiger partial charge is 0.251 e. The molecule has 1 aromatic carbocycles. The fourth-order valence-corrected chi connectivity index (χ4v) is 4.75. The molecule has 0 saturated carbocycles. The van der Waals surface area contributed by atoms with Crippen LogP contribution < -0.4 is 4.43 Å². The van der Waals surface area contributed by atoms with Gasteiger partial charge in [-0.2, -0.15) is 0 Å². The van der Waals surface area contributed by atoms with Gasteiger partial charge in [0.15, 0.2) is 0 Å². The molecular formula is C13H20AlF. The van der Waals surface area contributed by atoms with Crippen molar-refractivity contribution in [2.75, 3.05) is 6.67 Å². The summed E-state index contributed by atoms with van der Waals surface area (Å²) in [6.45, 7) is 4.37. The van der Waals surface area contributed by atoms with Gasteiger partial charge in [-0.15, -0.1) is 4.43 Å². The van der Waals surface area contributed by atoms with Crippen LogP contribution in [0.2, 0.25) is 10.6 Å². The summed E-state index contributed by atoms with van der Waals surface area (Å²) in [5.41, 5.74) is 1.40. The highest BCUT2D eigenvalue weighted by molar-refractivity contribution is 6.73. The van der Waals surface area contributed by atoms with Crippen LogP contribution in [0.25, 0.3) is 0 Å². The molecule has 0 heterocycles. The third kappa shape index (κ3) is 3.63. The van der Waals surface area contributed by atoms with Crippen LogP contribution in [-0.4, -0.2) is 20.8 Å². The summed E-state index contributed by atoms with van der Waals surface area (Å²) < 4.78 is 13.8. The van der Waals surface area contributed by atoms with Gasteiger partial charge in [0.05, 0.1) is 6.67 Å². The van der Waals surface area contributed by atoms with Gasteiger partial charge in [0, 0.05) is 0 Å². The lowest BCUT2D eigenvalue weighted by Gasteiger charge is -2.13. The Labute approximate surface area is 96.9 Å². The summed E-state index contributed by atoms with van der Waals surface area (Å²) in [5.74, 6) is 0. The molecule has 0 fully saturated rings. The van der Waals surface area contributed by atoms with Crippen LogP contribution in [0.3, 0.4) is 0 Å². The maximum atomic E-state index is 12.2. The molecule has 0 atom stereocenters.